The summed E-state index contributed by atoms with van der Waals surface area (Å²) in [6.45, 7) is 0. The van der Waals surface area contributed by atoms with Crippen molar-refractivity contribution in [2.75, 3.05) is 0 Å². The van der Waals surface area contributed by atoms with Crippen molar-refractivity contribution in [1.29, 1.82) is 0 Å². The van der Waals surface area contributed by atoms with E-state index in [1.165, 1.54) is 12.2 Å². The van der Waals surface area contributed by atoms with Crippen molar-refractivity contribution in [2.24, 2.45) is 5.92 Å². The van der Waals surface area contributed by atoms with E-state index in [-0.39, 0.29) is 0 Å². The quantitative estimate of drug-likeness (QED) is 0.556. The van der Waals surface area contributed by atoms with Crippen molar-refractivity contribution in [3.63, 3.8) is 0 Å². The van der Waals surface area contributed by atoms with Crippen LogP contribution in [0.2, 0.25) is 5.15 Å². The molecule has 0 spiro atoms. The smallest absolute Gasteiger partial charge is 0.129 e. The topological polar surface area (TPSA) is 17.8 Å². The molecule has 1 aliphatic carbocycles. The van der Waals surface area contributed by atoms with Gasteiger partial charge < -0.3 is 4.57 Å². The number of hydrogen-bond donors (Lipinski definition) is 0. The van der Waals surface area contributed by atoms with Gasteiger partial charge in [0.1, 0.15) is 11.0 Å². The molecule has 0 aromatic carbocycles. The Bertz CT molecular complexity index is 292. The van der Waals surface area contributed by atoms with Crippen LogP contribution >= 0.6 is 11.6 Å². The van der Waals surface area contributed by atoms with Crippen LogP contribution in [0.5, 0.6) is 0 Å². The van der Waals surface area contributed by atoms with Gasteiger partial charge in [-0.2, -0.15) is 0 Å². The highest BCUT2D eigenvalue weighted by molar-refractivity contribution is 6.29. The third kappa shape index (κ3) is 0.451. The first-order chi connectivity index (χ1) is 4.86. The van der Waals surface area contributed by atoms with Crippen molar-refractivity contribution in [1.82, 2.24) is 9.55 Å². The second-order valence-electron chi connectivity index (χ2n) is 3.13. The molecule has 3 rings (SSSR count). The Balaban J connectivity index is 2.25. The Morgan fingerprint density at radius 2 is 2.60 bits per heavy atom. The number of nitrogens with zero attached hydrogens (tertiary/aromatic N) is 2. The number of imidazole rings is 1. The molecule has 2 nitrogen and oxygen atoms in total. The van der Waals surface area contributed by atoms with Gasteiger partial charge in [-0.15, -0.1) is 0 Å². The van der Waals surface area contributed by atoms with E-state index in [1.54, 1.807) is 6.20 Å². The lowest BCUT2D eigenvalue weighted by atomic mass is 10.3. The van der Waals surface area contributed by atoms with Crippen LogP contribution in [0.25, 0.3) is 0 Å². The van der Waals surface area contributed by atoms with Gasteiger partial charge in [0.2, 0.25) is 0 Å². The van der Waals surface area contributed by atoms with Crippen LogP contribution in [0.15, 0.2) is 6.20 Å². The van der Waals surface area contributed by atoms with E-state index in [9.17, 15) is 0 Å². The Kier molecular flexibility index (Phi) is 0.725. The average molecular weight is 155 g/mol. The van der Waals surface area contributed by atoms with Gasteiger partial charge in [-0.05, 0) is 12.3 Å². The summed E-state index contributed by atoms with van der Waals surface area (Å²) in [5.74, 6) is 2.06. The summed E-state index contributed by atoms with van der Waals surface area (Å²) in [6, 6.07) is 0.713. The number of rotatable bonds is 0. The molecule has 1 aliphatic heterocycles. The highest BCUT2D eigenvalue weighted by atomic mass is 35.5. The second-order valence-corrected chi connectivity index (χ2v) is 3.52. The predicted molar refractivity (Wildman–Crippen MR) is 38.1 cm³/mol. The normalized spacial score (nSPS) is 33.7. The van der Waals surface area contributed by atoms with Gasteiger partial charge in [0.15, 0.2) is 0 Å². The van der Waals surface area contributed by atoms with Crippen LogP contribution in [-0.2, 0) is 6.42 Å². The summed E-state index contributed by atoms with van der Waals surface area (Å²) in [5.41, 5.74) is 0. The Morgan fingerprint density at radius 3 is 3.40 bits per heavy atom. The zero-order valence-corrected chi connectivity index (χ0v) is 6.17. The molecule has 0 bridgehead atoms. The lowest BCUT2D eigenvalue weighted by Gasteiger charge is -1.98. The lowest BCUT2D eigenvalue weighted by Crippen LogP contribution is -1.93. The maximum atomic E-state index is 5.91. The maximum absolute atomic E-state index is 5.91. The molecule has 2 heterocycles. The molecule has 0 N–H and O–H groups in total. The van der Waals surface area contributed by atoms with E-state index < -0.39 is 0 Å². The predicted octanol–water partition coefficient (Wildman–Crippen LogP) is 1.65. The van der Waals surface area contributed by atoms with Crippen LogP contribution in [0, 0.1) is 5.92 Å². The molecule has 2 aliphatic rings. The number of aromatic nitrogens is 2. The van der Waals surface area contributed by atoms with Crippen LogP contribution in [0.4, 0.5) is 0 Å². The highest BCUT2D eigenvalue weighted by Gasteiger charge is 2.46. The number of hydrogen-bond acceptors (Lipinski definition) is 1. The van der Waals surface area contributed by atoms with E-state index in [2.05, 4.69) is 9.55 Å². The van der Waals surface area contributed by atoms with E-state index in [4.69, 9.17) is 11.6 Å². The second kappa shape index (κ2) is 1.40. The van der Waals surface area contributed by atoms with Gasteiger partial charge in [-0.3, -0.25) is 0 Å². The Hall–Kier alpha value is -0.500. The Labute approximate surface area is 63.8 Å². The van der Waals surface area contributed by atoms with Gasteiger partial charge in [0.25, 0.3) is 0 Å². The summed E-state index contributed by atoms with van der Waals surface area (Å²) < 4.78 is 2.17. The molecule has 2 atom stereocenters. The molecule has 10 heavy (non-hydrogen) atoms. The number of fused-ring (bicyclic) bond motifs is 3. The first-order valence-electron chi connectivity index (χ1n) is 3.58. The molecule has 0 amide bonds. The SMILES string of the molecule is Clc1cnc2n1C1CC1C2. The third-order valence-electron chi connectivity index (χ3n) is 2.49. The monoisotopic (exact) mass is 154 g/mol. The first kappa shape index (κ1) is 5.19. The fourth-order valence-corrected chi connectivity index (χ4v) is 2.15. The summed E-state index contributed by atoms with van der Waals surface area (Å²) in [6.07, 6.45) is 4.23. The van der Waals surface area contributed by atoms with Crippen molar-refractivity contribution < 1.29 is 0 Å². The molecule has 1 aromatic heterocycles. The van der Waals surface area contributed by atoms with Gasteiger partial charge in [-0.1, -0.05) is 11.6 Å². The summed E-state index contributed by atoms with van der Waals surface area (Å²) in [7, 11) is 0. The number of halogens is 1. The minimum Gasteiger partial charge on any atom is -0.316 e. The molecule has 1 fully saturated rings. The fraction of sp³-hybridized carbons (Fsp3) is 0.571. The van der Waals surface area contributed by atoms with Crippen LogP contribution in [0.1, 0.15) is 18.3 Å². The molecule has 52 valence electrons. The van der Waals surface area contributed by atoms with E-state index in [0.717, 1.165) is 17.5 Å². The van der Waals surface area contributed by atoms with E-state index in [1.807, 2.05) is 0 Å². The third-order valence-corrected chi connectivity index (χ3v) is 2.77. The van der Waals surface area contributed by atoms with Crippen molar-refractivity contribution >= 4 is 11.6 Å². The van der Waals surface area contributed by atoms with Crippen LogP contribution in [0.3, 0.4) is 0 Å². The first-order valence-corrected chi connectivity index (χ1v) is 3.95. The highest BCUT2D eigenvalue weighted by Crippen LogP contribution is 2.52. The molecular formula is C7H7ClN2. The van der Waals surface area contributed by atoms with Crippen LogP contribution in [-0.4, -0.2) is 9.55 Å². The zero-order chi connectivity index (χ0) is 6.72. The molecular weight excluding hydrogens is 148 g/mol. The average Bonchev–Trinajstić information content (AvgIpc) is 2.40. The maximum Gasteiger partial charge on any atom is 0.129 e. The summed E-state index contributed by atoms with van der Waals surface area (Å²) >= 11 is 5.91. The van der Waals surface area contributed by atoms with Crippen LogP contribution < -0.4 is 0 Å². The minimum absolute atomic E-state index is 0.713. The fourth-order valence-electron chi connectivity index (χ4n) is 1.88. The largest absolute Gasteiger partial charge is 0.316 e. The van der Waals surface area contributed by atoms with E-state index in [0.29, 0.717) is 6.04 Å². The molecule has 0 radical (unpaired) electrons. The summed E-state index contributed by atoms with van der Waals surface area (Å²) in [5, 5.41) is 0.819. The van der Waals surface area contributed by atoms with Gasteiger partial charge in [-0.25, -0.2) is 4.98 Å². The van der Waals surface area contributed by atoms with Gasteiger partial charge in [0, 0.05) is 12.5 Å². The van der Waals surface area contributed by atoms with Crippen molar-refractivity contribution in [2.45, 2.75) is 18.9 Å². The van der Waals surface area contributed by atoms with Gasteiger partial charge >= 0.3 is 0 Å². The molecule has 3 heteroatoms. The van der Waals surface area contributed by atoms with E-state index >= 15 is 0 Å². The summed E-state index contributed by atoms with van der Waals surface area (Å²) in [4.78, 5) is 4.21. The minimum atomic E-state index is 0.713. The zero-order valence-electron chi connectivity index (χ0n) is 5.42. The molecule has 0 saturated heterocycles. The lowest BCUT2D eigenvalue weighted by molar-refractivity contribution is 0.747. The standard InChI is InChI=1S/C7H7ClN2/c8-6-3-9-7-2-4-1-5(4)10(6)7/h3-5H,1-2H2. The van der Waals surface area contributed by atoms with Gasteiger partial charge in [0.05, 0.1) is 6.20 Å². The Morgan fingerprint density at radius 1 is 1.70 bits per heavy atom. The van der Waals surface area contributed by atoms with Crippen molar-refractivity contribution in [3.05, 3.63) is 17.2 Å². The molecule has 1 aromatic rings. The van der Waals surface area contributed by atoms with Crippen molar-refractivity contribution in [3.8, 4) is 0 Å². The molecule has 1 saturated carbocycles. The molecule has 2 unspecified atom stereocenters.